The number of piperidine rings is 1. The van der Waals surface area contributed by atoms with E-state index in [0.29, 0.717) is 12.5 Å². The summed E-state index contributed by atoms with van der Waals surface area (Å²) in [5.74, 6) is -0.0826. The van der Waals surface area contributed by atoms with Crippen LogP contribution in [0.2, 0.25) is 0 Å². The van der Waals surface area contributed by atoms with Crippen LogP contribution in [0.25, 0.3) is 0 Å². The zero-order valence-electron chi connectivity index (χ0n) is 14.3. The van der Waals surface area contributed by atoms with Crippen molar-refractivity contribution in [1.82, 2.24) is 9.80 Å². The molecule has 0 unspecified atom stereocenters. The Labute approximate surface area is 143 Å². The van der Waals surface area contributed by atoms with Crippen LogP contribution in [0.4, 0.5) is 4.39 Å². The third-order valence-corrected chi connectivity index (χ3v) is 5.10. The van der Waals surface area contributed by atoms with Crippen LogP contribution in [0.15, 0.2) is 24.3 Å². The number of halogens is 1. The van der Waals surface area contributed by atoms with Gasteiger partial charge in [0.2, 0.25) is 5.91 Å². The van der Waals surface area contributed by atoms with Gasteiger partial charge < -0.3 is 9.64 Å². The summed E-state index contributed by atoms with van der Waals surface area (Å²) in [5, 5.41) is 0. The average molecular weight is 334 g/mol. The van der Waals surface area contributed by atoms with Crippen molar-refractivity contribution in [3.05, 3.63) is 35.6 Å². The molecule has 132 valence electrons. The van der Waals surface area contributed by atoms with Gasteiger partial charge in [-0.25, -0.2) is 4.39 Å². The fraction of sp³-hybridized carbons (Fsp3) is 0.632. The van der Waals surface area contributed by atoms with Crippen LogP contribution >= 0.6 is 0 Å². The van der Waals surface area contributed by atoms with E-state index in [0.717, 1.165) is 64.2 Å². The number of nitrogens with zero attached hydrogens (tertiary/aromatic N) is 2. The molecule has 3 rings (SSSR count). The number of likely N-dealkylation sites (tertiary alicyclic amines) is 1. The van der Waals surface area contributed by atoms with Crippen molar-refractivity contribution in [2.24, 2.45) is 0 Å². The smallest absolute Gasteiger partial charge is 0.227 e. The Balaban J connectivity index is 1.54. The standard InChI is InChI=1S/C19H27FN2O2/c20-17-6-4-16(5-7-17)15-19(23)22-9-2-1-3-18(22)8-10-21-11-13-24-14-12-21/h4-7,18H,1-3,8-15H2/t18-/m0/s1. The van der Waals surface area contributed by atoms with E-state index >= 15 is 0 Å². The minimum Gasteiger partial charge on any atom is -0.379 e. The van der Waals surface area contributed by atoms with Crippen LogP contribution in [-0.4, -0.2) is 61.1 Å². The van der Waals surface area contributed by atoms with E-state index in [4.69, 9.17) is 4.74 Å². The number of benzene rings is 1. The third kappa shape index (κ3) is 4.77. The Kier molecular flexibility index (Phi) is 6.21. The van der Waals surface area contributed by atoms with Gasteiger partial charge in [-0.15, -0.1) is 0 Å². The van der Waals surface area contributed by atoms with Gasteiger partial charge in [-0.1, -0.05) is 12.1 Å². The molecule has 0 bridgehead atoms. The minimum absolute atomic E-state index is 0.174. The summed E-state index contributed by atoms with van der Waals surface area (Å²) < 4.78 is 18.4. The SMILES string of the molecule is O=C(Cc1ccc(F)cc1)N1CCCC[C@H]1CCN1CCOCC1. The first kappa shape index (κ1) is 17.4. The van der Waals surface area contributed by atoms with E-state index in [9.17, 15) is 9.18 Å². The molecule has 2 aliphatic heterocycles. The second-order valence-electron chi connectivity index (χ2n) is 6.78. The van der Waals surface area contributed by atoms with Crippen LogP contribution in [0, 0.1) is 5.82 Å². The molecule has 24 heavy (non-hydrogen) atoms. The molecule has 2 aliphatic rings. The highest BCUT2D eigenvalue weighted by Gasteiger charge is 2.27. The highest BCUT2D eigenvalue weighted by Crippen LogP contribution is 2.21. The van der Waals surface area contributed by atoms with Gasteiger partial charge in [-0.2, -0.15) is 0 Å². The van der Waals surface area contributed by atoms with Gasteiger partial charge >= 0.3 is 0 Å². The van der Waals surface area contributed by atoms with Gasteiger partial charge in [-0.3, -0.25) is 9.69 Å². The molecule has 2 heterocycles. The number of morpholine rings is 1. The van der Waals surface area contributed by atoms with E-state index in [1.807, 2.05) is 0 Å². The molecule has 1 aromatic carbocycles. The van der Waals surface area contributed by atoms with E-state index in [1.165, 1.54) is 18.6 Å². The van der Waals surface area contributed by atoms with Crippen molar-refractivity contribution < 1.29 is 13.9 Å². The van der Waals surface area contributed by atoms with Crippen LogP contribution in [0.3, 0.4) is 0 Å². The first-order valence-corrected chi connectivity index (χ1v) is 9.06. The van der Waals surface area contributed by atoms with Crippen LogP contribution in [-0.2, 0) is 16.0 Å². The number of amides is 1. The number of hydrogen-bond acceptors (Lipinski definition) is 3. The Morgan fingerprint density at radius 2 is 1.88 bits per heavy atom. The second kappa shape index (κ2) is 8.58. The molecule has 1 amide bonds. The highest BCUT2D eigenvalue weighted by molar-refractivity contribution is 5.79. The average Bonchev–Trinajstić information content (AvgIpc) is 2.63. The maximum Gasteiger partial charge on any atom is 0.227 e. The molecule has 1 atom stereocenters. The predicted molar refractivity (Wildman–Crippen MR) is 91.3 cm³/mol. The first-order chi connectivity index (χ1) is 11.7. The summed E-state index contributed by atoms with van der Waals surface area (Å²) in [4.78, 5) is 17.2. The predicted octanol–water partition coefficient (Wildman–Crippen LogP) is 2.47. The van der Waals surface area contributed by atoms with E-state index < -0.39 is 0 Å². The second-order valence-corrected chi connectivity index (χ2v) is 6.78. The lowest BCUT2D eigenvalue weighted by molar-refractivity contribution is -0.134. The molecule has 2 fully saturated rings. The van der Waals surface area contributed by atoms with E-state index in [2.05, 4.69) is 9.80 Å². The summed E-state index contributed by atoms with van der Waals surface area (Å²) in [5.41, 5.74) is 0.888. The monoisotopic (exact) mass is 334 g/mol. The largest absolute Gasteiger partial charge is 0.379 e. The van der Waals surface area contributed by atoms with Gasteiger partial charge in [0.25, 0.3) is 0 Å². The van der Waals surface area contributed by atoms with Crippen molar-refractivity contribution in [2.45, 2.75) is 38.1 Å². The summed E-state index contributed by atoms with van der Waals surface area (Å²) in [6, 6.07) is 6.61. The van der Waals surface area contributed by atoms with Gasteiger partial charge in [0.1, 0.15) is 5.82 Å². The minimum atomic E-state index is -0.257. The molecule has 0 spiro atoms. The van der Waals surface area contributed by atoms with Crippen molar-refractivity contribution in [2.75, 3.05) is 39.4 Å². The van der Waals surface area contributed by atoms with Gasteiger partial charge in [0, 0.05) is 32.2 Å². The number of rotatable bonds is 5. The molecule has 1 aromatic rings. The van der Waals surface area contributed by atoms with Crippen molar-refractivity contribution in [3.8, 4) is 0 Å². The van der Waals surface area contributed by atoms with Gasteiger partial charge in [-0.05, 0) is 43.4 Å². The lowest BCUT2D eigenvalue weighted by atomic mass is 9.98. The normalized spacial score (nSPS) is 22.5. The van der Waals surface area contributed by atoms with Gasteiger partial charge in [0.05, 0.1) is 19.6 Å². The Hall–Kier alpha value is -1.46. The zero-order chi connectivity index (χ0) is 16.8. The molecule has 0 saturated carbocycles. The van der Waals surface area contributed by atoms with Crippen molar-refractivity contribution in [1.29, 1.82) is 0 Å². The van der Waals surface area contributed by atoms with Crippen LogP contribution in [0.5, 0.6) is 0 Å². The van der Waals surface area contributed by atoms with Gasteiger partial charge in [0.15, 0.2) is 0 Å². The van der Waals surface area contributed by atoms with Crippen molar-refractivity contribution in [3.63, 3.8) is 0 Å². The van der Waals surface area contributed by atoms with Crippen molar-refractivity contribution >= 4 is 5.91 Å². The summed E-state index contributed by atoms with van der Waals surface area (Å²) in [6.07, 6.45) is 4.79. The number of hydrogen-bond donors (Lipinski definition) is 0. The third-order valence-electron chi connectivity index (χ3n) is 5.10. The first-order valence-electron chi connectivity index (χ1n) is 9.06. The Bertz CT molecular complexity index is 529. The zero-order valence-corrected chi connectivity index (χ0v) is 14.3. The summed E-state index contributed by atoms with van der Waals surface area (Å²) >= 11 is 0. The molecule has 2 saturated heterocycles. The Morgan fingerprint density at radius 1 is 1.12 bits per heavy atom. The van der Waals surface area contributed by atoms with E-state index in [-0.39, 0.29) is 11.7 Å². The lowest BCUT2D eigenvalue weighted by Gasteiger charge is -2.37. The summed E-state index contributed by atoms with van der Waals surface area (Å²) in [7, 11) is 0. The molecule has 0 radical (unpaired) electrons. The fourth-order valence-corrected chi connectivity index (χ4v) is 3.66. The van der Waals surface area contributed by atoms with E-state index in [1.54, 1.807) is 12.1 Å². The molecule has 0 aliphatic carbocycles. The maximum absolute atomic E-state index is 13.0. The van der Waals surface area contributed by atoms with Crippen LogP contribution in [0.1, 0.15) is 31.2 Å². The molecular weight excluding hydrogens is 307 g/mol. The molecule has 0 aromatic heterocycles. The molecule has 5 heteroatoms. The molecule has 4 nitrogen and oxygen atoms in total. The topological polar surface area (TPSA) is 32.8 Å². The Morgan fingerprint density at radius 3 is 2.62 bits per heavy atom. The lowest BCUT2D eigenvalue weighted by Crippen LogP contribution is -2.46. The summed E-state index contributed by atoms with van der Waals surface area (Å²) in [6.45, 7) is 5.52. The fourth-order valence-electron chi connectivity index (χ4n) is 3.66. The number of ether oxygens (including phenoxy) is 1. The number of carbonyl (C=O) groups excluding carboxylic acids is 1. The molecule has 0 N–H and O–H groups in total. The highest BCUT2D eigenvalue weighted by atomic mass is 19.1. The van der Waals surface area contributed by atoms with Crippen LogP contribution < -0.4 is 0 Å². The maximum atomic E-state index is 13.0. The number of carbonyl (C=O) groups is 1. The quantitative estimate of drug-likeness (QED) is 0.829. The molecular formula is C19H27FN2O2.